The summed E-state index contributed by atoms with van der Waals surface area (Å²) in [5.41, 5.74) is -4.04. The molecule has 2 atom stereocenters. The second-order valence-electron chi connectivity index (χ2n) is 18.3. The zero-order valence-electron chi connectivity index (χ0n) is 40.3. The molecule has 0 spiro atoms. The lowest BCUT2D eigenvalue weighted by atomic mass is 9.86. The molecular formula is C50H41Cl4F8N7O8S. The van der Waals surface area contributed by atoms with E-state index < -0.39 is 107 Å². The summed E-state index contributed by atoms with van der Waals surface area (Å²) >= 11 is 22.9. The number of amides is 3. The van der Waals surface area contributed by atoms with Crippen LogP contribution < -0.4 is 20.7 Å². The monoisotopic (exact) mass is 1190 g/mol. The number of nitrogens with zero attached hydrogens (tertiary/aromatic N) is 3. The van der Waals surface area contributed by atoms with Gasteiger partial charge in [0.15, 0.2) is 11.6 Å². The van der Waals surface area contributed by atoms with Crippen molar-refractivity contribution in [3.8, 4) is 0 Å². The molecule has 4 heterocycles. The number of carbonyl (C=O) groups is 3. The second kappa shape index (κ2) is 22.5. The largest absolute Gasteiger partial charge is 0.444 e. The van der Waals surface area contributed by atoms with Crippen LogP contribution in [0.15, 0.2) is 101 Å². The molecule has 0 aliphatic carbocycles. The van der Waals surface area contributed by atoms with Crippen molar-refractivity contribution in [3.05, 3.63) is 173 Å². The maximum atomic E-state index is 14.3. The van der Waals surface area contributed by atoms with Crippen molar-refractivity contribution in [3.63, 3.8) is 0 Å². The maximum absolute atomic E-state index is 14.3. The van der Waals surface area contributed by atoms with Crippen molar-refractivity contribution >= 4 is 85.9 Å². The van der Waals surface area contributed by atoms with Gasteiger partial charge in [0, 0.05) is 61.3 Å². The number of halogens is 12. The number of benzene rings is 5. The van der Waals surface area contributed by atoms with Gasteiger partial charge < -0.3 is 30.4 Å². The number of ether oxygens (including phenoxy) is 1. The van der Waals surface area contributed by atoms with Gasteiger partial charge in [-0.2, -0.15) is 39.1 Å². The molecule has 4 aliphatic rings. The second-order valence-corrected chi connectivity index (χ2v) is 21.6. The lowest BCUT2D eigenvalue weighted by Gasteiger charge is -2.37. The van der Waals surface area contributed by atoms with Gasteiger partial charge in [0.1, 0.15) is 6.61 Å². The molecule has 28 heteroatoms. The molecule has 4 aliphatic heterocycles. The first kappa shape index (κ1) is 57.9. The third-order valence-electron chi connectivity index (χ3n) is 12.9. The molecule has 5 aromatic carbocycles. The highest BCUT2D eigenvalue weighted by Gasteiger charge is 2.64. The van der Waals surface area contributed by atoms with E-state index in [0.717, 1.165) is 28.6 Å². The molecular weight excluding hydrogens is 1150 g/mol. The summed E-state index contributed by atoms with van der Waals surface area (Å²) in [6.45, 7) is 4.27. The lowest BCUT2D eigenvalue weighted by molar-refractivity contribution is -0.276. The number of nitrogens with one attached hydrogen (secondary N) is 4. The first-order valence-corrected chi connectivity index (χ1v) is 26.0. The van der Waals surface area contributed by atoms with Gasteiger partial charge in [0.2, 0.25) is 0 Å². The number of carbonyl (C=O) groups excluding carboxylic acids is 3. The van der Waals surface area contributed by atoms with Crippen molar-refractivity contribution in [2.24, 2.45) is 10.3 Å². The number of oxime groups is 2. The van der Waals surface area contributed by atoms with Gasteiger partial charge in [0.25, 0.3) is 23.0 Å². The molecule has 5 aromatic rings. The van der Waals surface area contributed by atoms with Crippen molar-refractivity contribution in [2.45, 2.75) is 68.9 Å². The molecule has 0 bridgehead atoms. The molecule has 0 unspecified atom stereocenters. The van der Waals surface area contributed by atoms with Gasteiger partial charge in [-0.1, -0.05) is 99.2 Å². The molecule has 78 heavy (non-hydrogen) atoms. The third-order valence-corrected chi connectivity index (χ3v) is 15.4. The van der Waals surface area contributed by atoms with Gasteiger partial charge in [-0.25, -0.2) is 18.3 Å². The van der Waals surface area contributed by atoms with Gasteiger partial charge in [0.05, 0.1) is 43.6 Å². The molecule has 2 saturated heterocycles. The molecule has 414 valence electrons. The highest BCUT2D eigenvalue weighted by molar-refractivity contribution is 7.87. The number of hydrogen-bond acceptors (Lipinski definition) is 11. The Morgan fingerprint density at radius 1 is 0.679 bits per heavy atom. The fourth-order valence-electron chi connectivity index (χ4n) is 8.46. The van der Waals surface area contributed by atoms with Crippen LogP contribution in [0.2, 0.25) is 20.1 Å². The Morgan fingerprint density at radius 2 is 1.10 bits per heavy atom. The first-order chi connectivity index (χ1) is 36.6. The fourth-order valence-corrected chi connectivity index (χ4v) is 10.6. The van der Waals surface area contributed by atoms with E-state index in [1.807, 2.05) is 4.72 Å². The average Bonchev–Trinajstić information content (AvgIpc) is 4.19. The van der Waals surface area contributed by atoms with Crippen LogP contribution in [0.3, 0.4) is 0 Å². The Kier molecular flexibility index (Phi) is 16.7. The van der Waals surface area contributed by atoms with Crippen LogP contribution in [-0.4, -0.2) is 92.7 Å². The zero-order chi connectivity index (χ0) is 56.7. The van der Waals surface area contributed by atoms with Crippen molar-refractivity contribution < 1.29 is 72.3 Å². The van der Waals surface area contributed by atoms with Crippen LogP contribution in [0, 0.1) is 25.5 Å². The van der Waals surface area contributed by atoms with E-state index in [0.29, 0.717) is 40.9 Å². The summed E-state index contributed by atoms with van der Waals surface area (Å²) in [5, 5.41) is 13.6. The van der Waals surface area contributed by atoms with E-state index in [9.17, 15) is 57.9 Å². The number of aryl methyl sites for hydroxylation is 2. The maximum Gasteiger partial charge on any atom is 0.435 e. The predicted molar refractivity (Wildman–Crippen MR) is 271 cm³/mol. The Hall–Kier alpha value is -6.28. The zero-order valence-corrected chi connectivity index (χ0v) is 44.2. The van der Waals surface area contributed by atoms with Crippen molar-refractivity contribution in [2.75, 3.05) is 26.2 Å². The van der Waals surface area contributed by atoms with Gasteiger partial charge in [-0.05, 0) is 90.2 Å². The number of hydrogen-bond donors (Lipinski definition) is 4. The highest BCUT2D eigenvalue weighted by atomic mass is 35.5. The number of rotatable bonds is 12. The minimum atomic E-state index is -4.99. The van der Waals surface area contributed by atoms with Crippen molar-refractivity contribution in [1.82, 2.24) is 25.0 Å². The SMILES string of the molecule is Cc1cc(C2=NO[C@@](c3cc(Cl)c(F)c(Cl)c3)(C(F)(F)F)C2)ccc1C(=O)NC1CN(S(=O)(=O)NC(=O)OCc2ccccc2)C1.Cc1cc(C2=NO[C@@](c3cc(Cl)c(F)c(Cl)c3)(C(F)(F)F)C2)ccc1C(=O)NC1CNC1. The third kappa shape index (κ3) is 12.0. The van der Waals surface area contributed by atoms with E-state index in [-0.39, 0.29) is 54.2 Å². The quantitative estimate of drug-likeness (QED) is 0.0696. The Labute approximate surface area is 459 Å². The standard InChI is InChI=1S/C29H24Cl2F4N4O6S.C21H17Cl2F4N3O2/c1-16-9-18(24-12-28(45-37-24,29(33,34)35)19-10-22(30)25(32)23(31)11-19)7-8-21(16)26(40)36-20-13-39(14-20)46(42,43)38-27(41)44-15-17-5-3-2-4-6-17;1-10-4-11(2-3-14(10)19(31)29-13-8-28-9-13)17-7-20(32-30-17,21(25,26)27)12-5-15(22)18(24)16(23)6-12/h2-11,20H,12-15H2,1H3,(H,36,40)(H,38,41);2-6,13,28H,7-9H2,1H3,(H,29,31)/t28-;20-/m00/s1. The van der Waals surface area contributed by atoms with Crippen LogP contribution in [0.25, 0.3) is 0 Å². The Morgan fingerprint density at radius 3 is 1.49 bits per heavy atom. The fraction of sp³-hybridized carbons (Fsp3) is 0.300. The van der Waals surface area contributed by atoms with E-state index in [2.05, 4.69) is 26.3 Å². The smallest absolute Gasteiger partial charge is 0.435 e. The summed E-state index contributed by atoms with van der Waals surface area (Å²) in [7, 11) is -4.21. The summed E-state index contributed by atoms with van der Waals surface area (Å²) in [6.07, 6.45) is -12.5. The van der Waals surface area contributed by atoms with Gasteiger partial charge in [-0.15, -0.1) is 0 Å². The molecule has 4 N–H and O–H groups in total. The molecule has 2 fully saturated rings. The van der Waals surface area contributed by atoms with Crippen LogP contribution >= 0.6 is 46.4 Å². The normalized spacial score (nSPS) is 19.7. The van der Waals surface area contributed by atoms with Crippen LogP contribution in [0.5, 0.6) is 0 Å². The van der Waals surface area contributed by atoms with Crippen LogP contribution in [-0.2, 0) is 42.4 Å². The minimum Gasteiger partial charge on any atom is -0.444 e. The topological polar surface area (TPSA) is 189 Å². The summed E-state index contributed by atoms with van der Waals surface area (Å²) in [4.78, 5) is 47.2. The Bertz CT molecular complexity index is 3320. The molecule has 15 nitrogen and oxygen atoms in total. The summed E-state index contributed by atoms with van der Waals surface area (Å²) in [5.74, 6) is -2.90. The molecule has 3 amide bonds. The highest BCUT2D eigenvalue weighted by Crippen LogP contribution is 2.52. The summed E-state index contributed by atoms with van der Waals surface area (Å²) < 4.78 is 146. The van der Waals surface area contributed by atoms with Gasteiger partial charge in [-0.3, -0.25) is 9.59 Å². The van der Waals surface area contributed by atoms with E-state index >= 15 is 0 Å². The molecule has 0 aromatic heterocycles. The van der Waals surface area contributed by atoms with E-state index in [4.69, 9.17) is 60.8 Å². The Balaban J connectivity index is 0.000000219. The minimum absolute atomic E-state index is 0.0251. The average molecular weight is 1190 g/mol. The molecule has 0 radical (unpaired) electrons. The van der Waals surface area contributed by atoms with Crippen molar-refractivity contribution in [1.29, 1.82) is 0 Å². The predicted octanol–water partition coefficient (Wildman–Crippen LogP) is 10.3. The summed E-state index contributed by atoms with van der Waals surface area (Å²) in [6, 6.07) is 20.3. The van der Waals surface area contributed by atoms with Crippen LogP contribution in [0.1, 0.15) is 72.5 Å². The van der Waals surface area contributed by atoms with Gasteiger partial charge >= 0.3 is 28.7 Å². The number of alkyl halides is 6. The lowest BCUT2D eigenvalue weighted by Crippen LogP contribution is -2.63. The molecule has 0 saturated carbocycles. The van der Waals surface area contributed by atoms with E-state index in [1.54, 1.807) is 50.2 Å². The molecule has 9 rings (SSSR count). The van der Waals surface area contributed by atoms with E-state index in [1.165, 1.54) is 30.3 Å². The first-order valence-electron chi connectivity index (χ1n) is 23.1. The van der Waals surface area contributed by atoms with Crippen LogP contribution in [0.4, 0.5) is 39.9 Å².